The van der Waals surface area contributed by atoms with Crippen LogP contribution in [0.2, 0.25) is 0 Å². The Bertz CT molecular complexity index is 672. The molecule has 1 saturated heterocycles. The van der Waals surface area contributed by atoms with Crippen LogP contribution in [0, 0.1) is 17.6 Å². The van der Waals surface area contributed by atoms with E-state index in [0.717, 1.165) is 18.9 Å². The van der Waals surface area contributed by atoms with E-state index in [1.54, 1.807) is 0 Å². The van der Waals surface area contributed by atoms with Gasteiger partial charge in [0.05, 0.1) is 18.1 Å². The summed E-state index contributed by atoms with van der Waals surface area (Å²) in [5, 5.41) is 0. The number of halogens is 2. The fraction of sp³-hybridized carbons (Fsp3) is 0.667. The molecule has 1 fully saturated rings. The average Bonchev–Trinajstić information content (AvgIpc) is 2.74. The Kier molecular flexibility index (Phi) is 10.8. The first-order valence-electron chi connectivity index (χ1n) is 11.4. The molecule has 0 unspecified atom stereocenters. The van der Waals surface area contributed by atoms with Crippen LogP contribution in [0.1, 0.15) is 87.9 Å². The summed E-state index contributed by atoms with van der Waals surface area (Å²) >= 11 is 0. The molecule has 0 atom stereocenters. The summed E-state index contributed by atoms with van der Waals surface area (Å²) in [6, 6.07) is 2.95. The van der Waals surface area contributed by atoms with E-state index >= 15 is 0 Å². The lowest BCUT2D eigenvalue weighted by molar-refractivity contribution is -0.150. The Hall–Kier alpha value is -1.98. The van der Waals surface area contributed by atoms with E-state index in [1.165, 1.54) is 55.9 Å². The minimum absolute atomic E-state index is 0.136. The van der Waals surface area contributed by atoms with Gasteiger partial charge in [-0.1, -0.05) is 58.3 Å². The molecule has 0 bridgehead atoms. The highest BCUT2D eigenvalue weighted by molar-refractivity contribution is 5.94. The number of ether oxygens (including phenoxy) is 1. The maximum Gasteiger partial charge on any atom is 0.309 e. The van der Waals surface area contributed by atoms with Gasteiger partial charge < -0.3 is 9.64 Å². The molecule has 1 heterocycles. The zero-order chi connectivity index (χ0) is 21.8. The number of hydrogen-bond donors (Lipinski definition) is 0. The summed E-state index contributed by atoms with van der Waals surface area (Å²) in [5.74, 6) is -2.45. The molecule has 2 rings (SSSR count). The summed E-state index contributed by atoms with van der Waals surface area (Å²) in [6.07, 6.45) is 12.0. The predicted molar refractivity (Wildman–Crippen MR) is 113 cm³/mol. The fourth-order valence-corrected chi connectivity index (χ4v) is 3.85. The third kappa shape index (κ3) is 8.04. The Labute approximate surface area is 179 Å². The van der Waals surface area contributed by atoms with Crippen molar-refractivity contribution < 1.29 is 23.1 Å². The van der Waals surface area contributed by atoms with Crippen molar-refractivity contribution in [3.05, 3.63) is 35.4 Å². The Morgan fingerprint density at radius 1 is 0.967 bits per heavy atom. The van der Waals surface area contributed by atoms with Gasteiger partial charge in [0.25, 0.3) is 5.91 Å². The Morgan fingerprint density at radius 3 is 2.17 bits per heavy atom. The van der Waals surface area contributed by atoms with Gasteiger partial charge in [-0.05, 0) is 31.4 Å². The molecule has 0 radical (unpaired) electrons. The highest BCUT2D eigenvalue weighted by Crippen LogP contribution is 2.22. The number of rotatable bonds is 12. The van der Waals surface area contributed by atoms with Crippen molar-refractivity contribution in [2.45, 2.75) is 77.6 Å². The van der Waals surface area contributed by atoms with Crippen LogP contribution >= 0.6 is 0 Å². The molecule has 30 heavy (non-hydrogen) atoms. The summed E-state index contributed by atoms with van der Waals surface area (Å²) in [6.45, 7) is 3.41. The number of unbranched alkanes of at least 4 members (excludes halogenated alkanes) is 8. The van der Waals surface area contributed by atoms with E-state index in [-0.39, 0.29) is 17.5 Å². The largest absolute Gasteiger partial charge is 0.465 e. The monoisotopic (exact) mass is 423 g/mol. The second kappa shape index (κ2) is 13.3. The first-order valence-corrected chi connectivity index (χ1v) is 11.4. The first-order chi connectivity index (χ1) is 14.5. The van der Waals surface area contributed by atoms with Crippen LogP contribution in [0.25, 0.3) is 0 Å². The Balaban J connectivity index is 1.58. The quantitative estimate of drug-likeness (QED) is 0.311. The molecular formula is C24H35F2NO3. The molecule has 0 aromatic heterocycles. The van der Waals surface area contributed by atoms with E-state index in [1.807, 2.05) is 0 Å². The van der Waals surface area contributed by atoms with E-state index in [4.69, 9.17) is 4.74 Å². The molecule has 1 aliphatic heterocycles. The molecular weight excluding hydrogens is 388 g/mol. The molecule has 4 nitrogen and oxygen atoms in total. The molecule has 0 N–H and O–H groups in total. The number of nitrogens with zero attached hydrogens (tertiary/aromatic N) is 1. The van der Waals surface area contributed by atoms with Crippen LogP contribution in [0.4, 0.5) is 8.78 Å². The number of hydrogen-bond acceptors (Lipinski definition) is 3. The van der Waals surface area contributed by atoms with Gasteiger partial charge in [0.15, 0.2) is 0 Å². The number of carbonyl (C=O) groups excluding carboxylic acids is 2. The average molecular weight is 424 g/mol. The van der Waals surface area contributed by atoms with Crippen molar-refractivity contribution in [1.82, 2.24) is 4.90 Å². The lowest BCUT2D eigenvalue weighted by Gasteiger charge is -2.31. The third-order valence-corrected chi connectivity index (χ3v) is 5.77. The topological polar surface area (TPSA) is 46.6 Å². The van der Waals surface area contributed by atoms with Crippen molar-refractivity contribution in [3.8, 4) is 0 Å². The number of benzene rings is 1. The minimum atomic E-state index is -0.859. The first kappa shape index (κ1) is 24.3. The molecule has 6 heteroatoms. The van der Waals surface area contributed by atoms with Gasteiger partial charge in [0.2, 0.25) is 0 Å². The molecule has 1 aromatic carbocycles. The lowest BCUT2D eigenvalue weighted by Crippen LogP contribution is -2.41. The van der Waals surface area contributed by atoms with Gasteiger partial charge in [-0.2, -0.15) is 0 Å². The van der Waals surface area contributed by atoms with E-state index in [9.17, 15) is 18.4 Å². The molecule has 0 spiro atoms. The maximum absolute atomic E-state index is 13.8. The SMILES string of the molecule is CCCCCCCCCCCOC(=O)C1CCN(C(=O)c2ccc(F)cc2F)CC1. The van der Waals surface area contributed by atoms with Gasteiger partial charge in [0.1, 0.15) is 11.6 Å². The second-order valence-electron chi connectivity index (χ2n) is 8.19. The zero-order valence-corrected chi connectivity index (χ0v) is 18.1. The summed E-state index contributed by atoms with van der Waals surface area (Å²) < 4.78 is 32.3. The van der Waals surface area contributed by atoms with Crippen LogP contribution in [0.15, 0.2) is 18.2 Å². The lowest BCUT2D eigenvalue weighted by atomic mass is 9.96. The second-order valence-corrected chi connectivity index (χ2v) is 8.19. The van der Waals surface area contributed by atoms with Gasteiger partial charge >= 0.3 is 5.97 Å². The predicted octanol–water partition coefficient (Wildman–Crippen LogP) is 5.89. The van der Waals surface area contributed by atoms with Gasteiger partial charge in [-0.3, -0.25) is 9.59 Å². The van der Waals surface area contributed by atoms with Crippen molar-refractivity contribution in [2.24, 2.45) is 5.92 Å². The number of likely N-dealkylation sites (tertiary alicyclic amines) is 1. The molecule has 1 aromatic rings. The highest BCUT2D eigenvalue weighted by Gasteiger charge is 2.29. The van der Waals surface area contributed by atoms with Crippen LogP contribution in [-0.2, 0) is 9.53 Å². The standard InChI is InChI=1S/C24H35F2NO3/c1-2-3-4-5-6-7-8-9-10-17-30-24(29)19-13-15-27(16-14-19)23(28)21-12-11-20(25)18-22(21)26/h11-12,18-19H,2-10,13-17H2,1H3. The number of piperidine rings is 1. The molecule has 168 valence electrons. The van der Waals surface area contributed by atoms with E-state index in [2.05, 4.69) is 6.92 Å². The van der Waals surface area contributed by atoms with Crippen molar-refractivity contribution >= 4 is 11.9 Å². The van der Waals surface area contributed by atoms with Gasteiger partial charge in [-0.25, -0.2) is 8.78 Å². The number of esters is 1. The van der Waals surface area contributed by atoms with Crippen LogP contribution < -0.4 is 0 Å². The van der Waals surface area contributed by atoms with Crippen LogP contribution in [-0.4, -0.2) is 36.5 Å². The molecule has 1 aliphatic rings. The highest BCUT2D eigenvalue weighted by atomic mass is 19.1. The number of carbonyl (C=O) groups is 2. The molecule has 0 aliphatic carbocycles. The van der Waals surface area contributed by atoms with Gasteiger partial charge in [-0.15, -0.1) is 0 Å². The van der Waals surface area contributed by atoms with E-state index < -0.39 is 17.5 Å². The molecule has 1 amide bonds. The Morgan fingerprint density at radius 2 is 1.57 bits per heavy atom. The van der Waals surface area contributed by atoms with Crippen molar-refractivity contribution in [2.75, 3.05) is 19.7 Å². The van der Waals surface area contributed by atoms with Gasteiger partial charge in [0, 0.05) is 19.2 Å². The number of amides is 1. The van der Waals surface area contributed by atoms with Crippen molar-refractivity contribution in [3.63, 3.8) is 0 Å². The maximum atomic E-state index is 13.8. The fourth-order valence-electron chi connectivity index (χ4n) is 3.85. The summed E-state index contributed by atoms with van der Waals surface area (Å²) in [5.41, 5.74) is -0.136. The third-order valence-electron chi connectivity index (χ3n) is 5.77. The molecule has 0 saturated carbocycles. The smallest absolute Gasteiger partial charge is 0.309 e. The minimum Gasteiger partial charge on any atom is -0.465 e. The van der Waals surface area contributed by atoms with E-state index in [0.29, 0.717) is 38.6 Å². The zero-order valence-electron chi connectivity index (χ0n) is 18.1. The van der Waals surface area contributed by atoms with Crippen molar-refractivity contribution in [1.29, 1.82) is 0 Å². The normalized spacial score (nSPS) is 14.7. The van der Waals surface area contributed by atoms with Crippen LogP contribution in [0.5, 0.6) is 0 Å². The summed E-state index contributed by atoms with van der Waals surface area (Å²) in [7, 11) is 0. The van der Waals surface area contributed by atoms with Crippen LogP contribution in [0.3, 0.4) is 0 Å². The summed E-state index contributed by atoms with van der Waals surface area (Å²) in [4.78, 5) is 26.2.